The fourth-order valence-electron chi connectivity index (χ4n) is 2.57. The summed E-state index contributed by atoms with van der Waals surface area (Å²) in [5, 5.41) is 13.6. The number of hydrogen-bond acceptors (Lipinski definition) is 5. The lowest BCUT2D eigenvalue weighted by Crippen LogP contribution is -2.11. The number of nitrogens with one attached hydrogen (secondary N) is 1. The fraction of sp³-hybridized carbons (Fsp3) is 0.105. The molecule has 0 bridgehead atoms. The van der Waals surface area contributed by atoms with Crippen molar-refractivity contribution in [3.05, 3.63) is 76.0 Å². The first-order chi connectivity index (χ1) is 12.5. The van der Waals surface area contributed by atoms with E-state index in [1.807, 2.05) is 0 Å². The van der Waals surface area contributed by atoms with Gasteiger partial charge in [0.1, 0.15) is 11.5 Å². The average Bonchev–Trinajstić information content (AvgIpc) is 3.12. The summed E-state index contributed by atoms with van der Waals surface area (Å²) in [4.78, 5) is 22.8. The number of carbonyl (C=O) groups excluding carboxylic acids is 1. The number of rotatable bonds is 5. The molecule has 1 amide bonds. The number of methoxy groups -OCH3 is 1. The molecular weight excluding hydrogens is 336 g/mol. The molecule has 0 saturated carbocycles. The van der Waals surface area contributed by atoms with E-state index in [-0.39, 0.29) is 11.4 Å². The van der Waals surface area contributed by atoms with Crippen LogP contribution in [0.1, 0.15) is 16.1 Å². The van der Waals surface area contributed by atoms with E-state index in [2.05, 4.69) is 5.32 Å². The molecule has 7 nitrogen and oxygen atoms in total. The summed E-state index contributed by atoms with van der Waals surface area (Å²) in [5.41, 5.74) is 1.91. The largest absolute Gasteiger partial charge is 0.495 e. The predicted octanol–water partition coefficient (Wildman–Crippen LogP) is 4.42. The molecule has 0 aliphatic heterocycles. The second kappa shape index (κ2) is 7.10. The standard InChI is InChI=1S/C19H16N2O5/c1-12-11-13(21(23)24)7-8-14(12)16-9-10-18(26-16)19(22)20-15-5-3-4-6-17(15)25-2/h3-11H,1-2H3,(H,20,22). The van der Waals surface area contributed by atoms with Gasteiger partial charge in [-0.1, -0.05) is 12.1 Å². The number of nitro groups is 1. The number of non-ortho nitro benzene ring substituents is 1. The predicted molar refractivity (Wildman–Crippen MR) is 96.5 cm³/mol. The third-order valence-electron chi connectivity index (χ3n) is 3.87. The number of ether oxygens (including phenoxy) is 1. The summed E-state index contributed by atoms with van der Waals surface area (Å²) in [6, 6.07) is 14.7. The van der Waals surface area contributed by atoms with E-state index in [1.54, 1.807) is 49.4 Å². The first-order valence-electron chi connectivity index (χ1n) is 7.79. The van der Waals surface area contributed by atoms with Crippen molar-refractivity contribution in [3.8, 4) is 17.1 Å². The molecule has 0 aliphatic carbocycles. The summed E-state index contributed by atoms with van der Waals surface area (Å²) >= 11 is 0. The molecule has 1 heterocycles. The average molecular weight is 352 g/mol. The smallest absolute Gasteiger partial charge is 0.291 e. The molecule has 0 aliphatic rings. The minimum atomic E-state index is -0.453. The van der Waals surface area contributed by atoms with Crippen LogP contribution in [0.25, 0.3) is 11.3 Å². The van der Waals surface area contributed by atoms with E-state index in [0.717, 1.165) is 0 Å². The minimum absolute atomic E-state index is 0.00643. The Morgan fingerprint density at radius 2 is 1.92 bits per heavy atom. The second-order valence-electron chi connectivity index (χ2n) is 5.57. The molecule has 0 radical (unpaired) electrons. The van der Waals surface area contributed by atoms with Crippen LogP contribution in [0.15, 0.2) is 59.0 Å². The zero-order chi connectivity index (χ0) is 18.7. The quantitative estimate of drug-likeness (QED) is 0.541. The molecule has 1 N–H and O–H groups in total. The molecule has 0 unspecified atom stereocenters. The van der Waals surface area contributed by atoms with Crippen molar-refractivity contribution < 1.29 is 18.9 Å². The number of amides is 1. The fourth-order valence-corrected chi connectivity index (χ4v) is 2.57. The Bertz CT molecular complexity index is 978. The third-order valence-corrected chi connectivity index (χ3v) is 3.87. The lowest BCUT2D eigenvalue weighted by molar-refractivity contribution is -0.384. The molecule has 26 heavy (non-hydrogen) atoms. The lowest BCUT2D eigenvalue weighted by Gasteiger charge is -2.08. The van der Waals surface area contributed by atoms with Gasteiger partial charge in [-0.15, -0.1) is 0 Å². The normalized spacial score (nSPS) is 10.4. The molecule has 3 rings (SSSR count). The van der Waals surface area contributed by atoms with E-state index in [1.165, 1.54) is 19.2 Å². The molecule has 0 atom stereocenters. The summed E-state index contributed by atoms with van der Waals surface area (Å²) in [6.45, 7) is 1.75. The molecule has 2 aromatic carbocycles. The number of anilines is 1. The van der Waals surface area contributed by atoms with Gasteiger partial charge in [-0.05, 0) is 42.8 Å². The zero-order valence-corrected chi connectivity index (χ0v) is 14.2. The van der Waals surface area contributed by atoms with Crippen molar-refractivity contribution >= 4 is 17.3 Å². The number of hydrogen-bond donors (Lipinski definition) is 1. The van der Waals surface area contributed by atoms with Gasteiger partial charge >= 0.3 is 0 Å². The van der Waals surface area contributed by atoms with Gasteiger partial charge in [0.2, 0.25) is 0 Å². The maximum Gasteiger partial charge on any atom is 0.291 e. The highest BCUT2D eigenvalue weighted by molar-refractivity contribution is 6.03. The second-order valence-corrected chi connectivity index (χ2v) is 5.57. The summed E-state index contributed by atoms with van der Waals surface area (Å²) < 4.78 is 10.8. The Morgan fingerprint density at radius 1 is 1.15 bits per heavy atom. The number of benzene rings is 2. The van der Waals surface area contributed by atoms with Crippen molar-refractivity contribution in [2.45, 2.75) is 6.92 Å². The molecule has 132 valence electrons. The van der Waals surface area contributed by atoms with E-state index in [4.69, 9.17) is 9.15 Å². The highest BCUT2D eigenvalue weighted by atomic mass is 16.6. The van der Waals surface area contributed by atoms with Crippen LogP contribution in [-0.4, -0.2) is 17.9 Å². The van der Waals surface area contributed by atoms with Crippen LogP contribution < -0.4 is 10.1 Å². The van der Waals surface area contributed by atoms with Gasteiger partial charge in [0.05, 0.1) is 17.7 Å². The van der Waals surface area contributed by atoms with Crippen LogP contribution in [0.4, 0.5) is 11.4 Å². The van der Waals surface area contributed by atoms with E-state index in [0.29, 0.717) is 28.3 Å². The Hall–Kier alpha value is -3.61. The van der Waals surface area contributed by atoms with E-state index >= 15 is 0 Å². The van der Waals surface area contributed by atoms with Gasteiger partial charge in [-0.3, -0.25) is 14.9 Å². The number of para-hydroxylation sites is 2. The van der Waals surface area contributed by atoms with Crippen molar-refractivity contribution in [1.29, 1.82) is 0 Å². The molecule has 7 heteroatoms. The van der Waals surface area contributed by atoms with E-state index in [9.17, 15) is 14.9 Å². The van der Waals surface area contributed by atoms with Crippen LogP contribution in [0.5, 0.6) is 5.75 Å². The molecule has 0 saturated heterocycles. The SMILES string of the molecule is COc1ccccc1NC(=O)c1ccc(-c2ccc([N+](=O)[O-])cc2C)o1. The van der Waals surface area contributed by atoms with E-state index < -0.39 is 10.8 Å². The molecular formula is C19H16N2O5. The monoisotopic (exact) mass is 352 g/mol. The van der Waals surface area contributed by atoms with Gasteiger partial charge in [-0.2, -0.15) is 0 Å². The van der Waals surface area contributed by atoms with Crippen molar-refractivity contribution in [2.24, 2.45) is 0 Å². The van der Waals surface area contributed by atoms with Gasteiger partial charge in [-0.25, -0.2) is 0 Å². The molecule has 0 spiro atoms. The van der Waals surface area contributed by atoms with Crippen LogP contribution in [0.2, 0.25) is 0 Å². The van der Waals surface area contributed by atoms with Crippen LogP contribution in [-0.2, 0) is 0 Å². The Kier molecular flexibility index (Phi) is 4.70. The maximum atomic E-state index is 12.4. The number of furan rings is 1. The van der Waals surface area contributed by atoms with Gasteiger partial charge in [0.15, 0.2) is 5.76 Å². The maximum absolute atomic E-state index is 12.4. The summed E-state index contributed by atoms with van der Waals surface area (Å²) in [7, 11) is 1.52. The summed E-state index contributed by atoms with van der Waals surface area (Å²) in [5.74, 6) is 0.713. The molecule has 1 aromatic heterocycles. The highest BCUT2D eigenvalue weighted by Gasteiger charge is 2.16. The van der Waals surface area contributed by atoms with Crippen molar-refractivity contribution in [1.82, 2.24) is 0 Å². The third kappa shape index (κ3) is 3.41. The molecule has 0 fully saturated rings. The van der Waals surface area contributed by atoms with Crippen LogP contribution in [0, 0.1) is 17.0 Å². The Labute approximate surface area is 149 Å². The Balaban J connectivity index is 1.83. The van der Waals surface area contributed by atoms with Crippen LogP contribution in [0.3, 0.4) is 0 Å². The summed E-state index contributed by atoms with van der Waals surface area (Å²) in [6.07, 6.45) is 0. The van der Waals surface area contributed by atoms with Crippen molar-refractivity contribution in [3.63, 3.8) is 0 Å². The topological polar surface area (TPSA) is 94.6 Å². The van der Waals surface area contributed by atoms with Gasteiger partial charge in [0, 0.05) is 17.7 Å². The van der Waals surface area contributed by atoms with Gasteiger partial charge < -0.3 is 14.5 Å². The lowest BCUT2D eigenvalue weighted by atomic mass is 10.1. The zero-order valence-electron chi connectivity index (χ0n) is 14.2. The highest BCUT2D eigenvalue weighted by Crippen LogP contribution is 2.29. The van der Waals surface area contributed by atoms with Crippen molar-refractivity contribution in [2.75, 3.05) is 12.4 Å². The number of nitrogens with zero attached hydrogens (tertiary/aromatic N) is 1. The van der Waals surface area contributed by atoms with Crippen LogP contribution >= 0.6 is 0 Å². The minimum Gasteiger partial charge on any atom is -0.495 e. The molecule has 3 aromatic rings. The van der Waals surface area contributed by atoms with Gasteiger partial charge in [0.25, 0.3) is 11.6 Å². The first-order valence-corrected chi connectivity index (χ1v) is 7.79. The Morgan fingerprint density at radius 3 is 2.62 bits per heavy atom. The number of nitro benzene ring substituents is 1. The number of aryl methyl sites for hydroxylation is 1. The number of carbonyl (C=O) groups is 1. The first kappa shape index (κ1) is 17.2.